The maximum atomic E-state index is 11.9. The molecule has 0 radical (unpaired) electrons. The zero-order valence-corrected chi connectivity index (χ0v) is 9.70. The Hall–Kier alpha value is -1.49. The molecule has 5 heteroatoms. The van der Waals surface area contributed by atoms with Crippen LogP contribution in [0.1, 0.15) is 18.3 Å². The second-order valence-electron chi connectivity index (χ2n) is 4.48. The van der Waals surface area contributed by atoms with E-state index in [0.717, 1.165) is 11.4 Å². The fourth-order valence-corrected chi connectivity index (χ4v) is 1.57. The van der Waals surface area contributed by atoms with Gasteiger partial charge in [0, 0.05) is 11.4 Å². The van der Waals surface area contributed by atoms with E-state index in [-0.39, 0.29) is 5.91 Å². The van der Waals surface area contributed by atoms with E-state index in [1.54, 1.807) is 0 Å². The number of ether oxygens (including phenoxy) is 1. The molecule has 1 N–H and O–H groups in total. The predicted molar refractivity (Wildman–Crippen MR) is 59.1 cm³/mol. The fraction of sp³-hybridized carbons (Fsp3) is 0.545. The van der Waals surface area contributed by atoms with Crippen molar-refractivity contribution in [1.29, 1.82) is 0 Å². The van der Waals surface area contributed by atoms with Gasteiger partial charge in [-0.15, -0.1) is 0 Å². The molecular weight excluding hydrogens is 206 g/mol. The Kier molecular flexibility index (Phi) is 2.63. The molecule has 86 valence electrons. The van der Waals surface area contributed by atoms with Gasteiger partial charge in [0.15, 0.2) is 0 Å². The van der Waals surface area contributed by atoms with E-state index in [1.807, 2.05) is 26.8 Å². The number of nitrogens with one attached hydrogen (secondary N) is 1. The summed E-state index contributed by atoms with van der Waals surface area (Å²) in [6.45, 7) is 6.54. The molecule has 1 saturated heterocycles. The Morgan fingerprint density at radius 2 is 1.94 bits per heavy atom. The quantitative estimate of drug-likeness (QED) is 0.811. The van der Waals surface area contributed by atoms with E-state index in [9.17, 15) is 4.79 Å². The largest absolute Gasteiger partial charge is 0.379 e. The number of hydrogen-bond donors (Lipinski definition) is 1. The van der Waals surface area contributed by atoms with Gasteiger partial charge in [-0.2, -0.15) is 0 Å². The Balaban J connectivity index is 2.11. The molecule has 1 aliphatic rings. The number of aromatic nitrogens is 2. The van der Waals surface area contributed by atoms with Gasteiger partial charge >= 0.3 is 0 Å². The predicted octanol–water partition coefficient (Wildman–Crippen LogP) is 1.07. The van der Waals surface area contributed by atoms with Gasteiger partial charge in [-0.05, 0) is 26.8 Å². The minimum atomic E-state index is -0.430. The van der Waals surface area contributed by atoms with E-state index in [4.69, 9.17) is 4.74 Å². The summed E-state index contributed by atoms with van der Waals surface area (Å²) in [5, 5.41) is 2.72. The first kappa shape index (κ1) is 11.0. The summed E-state index contributed by atoms with van der Waals surface area (Å²) < 4.78 is 5.04. The van der Waals surface area contributed by atoms with Crippen LogP contribution in [0.3, 0.4) is 0 Å². The van der Waals surface area contributed by atoms with Gasteiger partial charge in [0.05, 0.1) is 18.6 Å². The van der Waals surface area contributed by atoms with Crippen LogP contribution in [-0.2, 0) is 9.53 Å². The van der Waals surface area contributed by atoms with Gasteiger partial charge in [0.2, 0.25) is 11.9 Å². The number of amides is 1. The third-order valence-corrected chi connectivity index (χ3v) is 2.60. The lowest BCUT2D eigenvalue weighted by Crippen LogP contribution is -2.49. The third kappa shape index (κ3) is 2.04. The number of anilines is 1. The van der Waals surface area contributed by atoms with Crippen molar-refractivity contribution in [2.45, 2.75) is 20.8 Å². The number of carbonyl (C=O) groups excluding carboxylic acids is 1. The van der Waals surface area contributed by atoms with Gasteiger partial charge in [0.1, 0.15) is 0 Å². The number of rotatable bonds is 2. The molecule has 0 atom stereocenters. The molecule has 1 aromatic rings. The van der Waals surface area contributed by atoms with Crippen LogP contribution >= 0.6 is 0 Å². The summed E-state index contributed by atoms with van der Waals surface area (Å²) in [4.78, 5) is 20.2. The van der Waals surface area contributed by atoms with Crippen molar-refractivity contribution in [3.63, 3.8) is 0 Å². The Morgan fingerprint density at radius 1 is 1.38 bits per heavy atom. The topological polar surface area (TPSA) is 64.1 Å². The van der Waals surface area contributed by atoms with Crippen LogP contribution in [0.5, 0.6) is 0 Å². The molecular formula is C11H15N3O2. The van der Waals surface area contributed by atoms with E-state index >= 15 is 0 Å². The number of nitrogens with zero attached hydrogens (tertiary/aromatic N) is 2. The summed E-state index contributed by atoms with van der Waals surface area (Å²) >= 11 is 0. The van der Waals surface area contributed by atoms with Gasteiger partial charge in [-0.1, -0.05) is 0 Å². The highest BCUT2D eigenvalue weighted by molar-refractivity contribution is 5.94. The average Bonchev–Trinajstić information content (AvgIpc) is 2.12. The first-order valence-corrected chi connectivity index (χ1v) is 5.21. The summed E-state index contributed by atoms with van der Waals surface area (Å²) in [5.74, 6) is 0.291. The van der Waals surface area contributed by atoms with Gasteiger partial charge in [-0.25, -0.2) is 9.97 Å². The molecule has 0 bridgehead atoms. The van der Waals surface area contributed by atoms with Crippen molar-refractivity contribution in [2.75, 3.05) is 18.5 Å². The molecule has 0 aliphatic carbocycles. The van der Waals surface area contributed by atoms with Crippen molar-refractivity contribution in [3.05, 3.63) is 17.5 Å². The molecule has 0 saturated carbocycles. The van der Waals surface area contributed by atoms with Crippen LogP contribution in [0.15, 0.2) is 6.07 Å². The SMILES string of the molecule is Cc1cc(C)nc(NC(=O)C2(C)COC2)n1. The summed E-state index contributed by atoms with van der Waals surface area (Å²) in [6.07, 6.45) is 0. The first-order chi connectivity index (χ1) is 7.49. The van der Waals surface area contributed by atoms with E-state index < -0.39 is 5.41 Å². The Bertz CT molecular complexity index is 407. The molecule has 16 heavy (non-hydrogen) atoms. The van der Waals surface area contributed by atoms with Crippen molar-refractivity contribution < 1.29 is 9.53 Å². The molecule has 1 amide bonds. The van der Waals surface area contributed by atoms with Crippen molar-refractivity contribution in [1.82, 2.24) is 9.97 Å². The molecule has 1 fully saturated rings. The maximum Gasteiger partial charge on any atom is 0.237 e. The zero-order valence-electron chi connectivity index (χ0n) is 9.70. The molecule has 1 aliphatic heterocycles. The second kappa shape index (κ2) is 3.83. The van der Waals surface area contributed by atoms with Gasteiger partial charge < -0.3 is 4.74 Å². The van der Waals surface area contributed by atoms with Crippen molar-refractivity contribution >= 4 is 11.9 Å². The highest BCUT2D eigenvalue weighted by Gasteiger charge is 2.41. The lowest BCUT2D eigenvalue weighted by molar-refractivity contribution is -0.152. The molecule has 2 heterocycles. The summed E-state index contributed by atoms with van der Waals surface area (Å²) in [7, 11) is 0. The average molecular weight is 221 g/mol. The standard InChI is InChI=1S/C11H15N3O2/c1-7-4-8(2)13-10(12-7)14-9(15)11(3)5-16-6-11/h4H,5-6H2,1-3H3,(H,12,13,14,15). The Labute approximate surface area is 94.2 Å². The molecule has 0 unspecified atom stereocenters. The van der Waals surface area contributed by atoms with Crippen LogP contribution in [-0.4, -0.2) is 29.1 Å². The van der Waals surface area contributed by atoms with E-state index in [0.29, 0.717) is 19.2 Å². The Morgan fingerprint density at radius 3 is 2.38 bits per heavy atom. The maximum absolute atomic E-state index is 11.9. The van der Waals surface area contributed by atoms with Crippen LogP contribution in [0.4, 0.5) is 5.95 Å². The van der Waals surface area contributed by atoms with Gasteiger partial charge in [0.25, 0.3) is 0 Å². The smallest absolute Gasteiger partial charge is 0.237 e. The van der Waals surface area contributed by atoms with E-state index in [2.05, 4.69) is 15.3 Å². The molecule has 1 aromatic heterocycles. The summed E-state index contributed by atoms with van der Waals surface area (Å²) in [5.41, 5.74) is 1.26. The number of aryl methyl sites for hydroxylation is 2. The zero-order chi connectivity index (χ0) is 11.8. The van der Waals surface area contributed by atoms with E-state index in [1.165, 1.54) is 0 Å². The van der Waals surface area contributed by atoms with Crippen LogP contribution in [0, 0.1) is 19.3 Å². The molecule has 2 rings (SSSR count). The lowest BCUT2D eigenvalue weighted by Gasteiger charge is -2.35. The van der Waals surface area contributed by atoms with Crippen LogP contribution in [0.25, 0.3) is 0 Å². The molecule has 5 nitrogen and oxygen atoms in total. The highest BCUT2D eigenvalue weighted by atomic mass is 16.5. The second-order valence-corrected chi connectivity index (χ2v) is 4.48. The normalized spacial score (nSPS) is 17.7. The minimum absolute atomic E-state index is 0.0799. The van der Waals surface area contributed by atoms with Crippen molar-refractivity contribution in [2.24, 2.45) is 5.41 Å². The number of carbonyl (C=O) groups is 1. The molecule has 0 aromatic carbocycles. The van der Waals surface area contributed by atoms with Gasteiger partial charge in [-0.3, -0.25) is 10.1 Å². The monoisotopic (exact) mass is 221 g/mol. The van der Waals surface area contributed by atoms with Crippen LogP contribution < -0.4 is 5.32 Å². The summed E-state index contributed by atoms with van der Waals surface area (Å²) in [6, 6.07) is 1.86. The first-order valence-electron chi connectivity index (χ1n) is 5.21. The number of hydrogen-bond acceptors (Lipinski definition) is 4. The highest BCUT2D eigenvalue weighted by Crippen LogP contribution is 2.27. The fourth-order valence-electron chi connectivity index (χ4n) is 1.57. The van der Waals surface area contributed by atoms with Crippen molar-refractivity contribution in [3.8, 4) is 0 Å². The molecule has 0 spiro atoms. The minimum Gasteiger partial charge on any atom is -0.379 e. The third-order valence-electron chi connectivity index (χ3n) is 2.60. The lowest BCUT2D eigenvalue weighted by atomic mass is 9.88. The van der Waals surface area contributed by atoms with Crippen LogP contribution in [0.2, 0.25) is 0 Å².